The number of hydrogen-bond donors (Lipinski definition) is 2. The molecule has 1 aromatic carbocycles. The van der Waals surface area contributed by atoms with Gasteiger partial charge < -0.3 is 19.9 Å². The quantitative estimate of drug-likeness (QED) is 0.834. The van der Waals surface area contributed by atoms with E-state index in [2.05, 4.69) is 15.2 Å². The number of nitrogens with zero attached hydrogens (tertiary/aromatic N) is 2. The van der Waals surface area contributed by atoms with E-state index in [1.807, 2.05) is 29.2 Å². The number of aromatic nitrogens is 1. The summed E-state index contributed by atoms with van der Waals surface area (Å²) in [5, 5.41) is 3.71. The minimum absolute atomic E-state index is 0.0153. The summed E-state index contributed by atoms with van der Waals surface area (Å²) in [5.74, 6) is 0.752. The molecule has 2 aliphatic heterocycles. The van der Waals surface area contributed by atoms with Gasteiger partial charge in [-0.2, -0.15) is 0 Å². The summed E-state index contributed by atoms with van der Waals surface area (Å²) in [6, 6.07) is 7.62. The highest BCUT2D eigenvalue weighted by atomic mass is 16.5. The number of hydrogen-bond acceptors (Lipinski definition) is 4. The number of aromatic amines is 1. The summed E-state index contributed by atoms with van der Waals surface area (Å²) in [4.78, 5) is 32.5. The number of carbonyl (C=O) groups excluding carboxylic acids is 2. The predicted octanol–water partition coefficient (Wildman–Crippen LogP) is 1.22. The number of para-hydroxylation sites is 1. The minimum Gasteiger partial charge on any atom is -0.368 e. The number of morpholine rings is 1. The van der Waals surface area contributed by atoms with Crippen LogP contribution in [-0.4, -0.2) is 78.1 Å². The Morgan fingerprint density at radius 3 is 2.79 bits per heavy atom. The van der Waals surface area contributed by atoms with Gasteiger partial charge in [0, 0.05) is 37.2 Å². The fourth-order valence-electron chi connectivity index (χ4n) is 4.52. The molecule has 1 spiro atoms. The van der Waals surface area contributed by atoms with Crippen molar-refractivity contribution in [2.24, 2.45) is 5.92 Å². The number of likely N-dealkylation sites (N-methyl/N-ethyl adjacent to an activating group) is 1. The van der Waals surface area contributed by atoms with Crippen molar-refractivity contribution in [3.05, 3.63) is 36.0 Å². The molecule has 1 saturated carbocycles. The average Bonchev–Trinajstić information content (AvgIpc) is 3.40. The zero-order chi connectivity index (χ0) is 19.3. The lowest BCUT2D eigenvalue weighted by atomic mass is 9.89. The van der Waals surface area contributed by atoms with Crippen LogP contribution < -0.4 is 5.32 Å². The summed E-state index contributed by atoms with van der Waals surface area (Å²) < 4.78 is 6.15. The third-order valence-corrected chi connectivity index (χ3v) is 6.28. The van der Waals surface area contributed by atoms with Crippen molar-refractivity contribution in [1.82, 2.24) is 20.1 Å². The Hall–Kier alpha value is -2.38. The van der Waals surface area contributed by atoms with E-state index in [0.717, 1.165) is 17.4 Å². The van der Waals surface area contributed by atoms with Gasteiger partial charge in [0.05, 0.1) is 25.3 Å². The fourth-order valence-corrected chi connectivity index (χ4v) is 4.52. The van der Waals surface area contributed by atoms with Crippen LogP contribution in [0, 0.1) is 5.92 Å². The van der Waals surface area contributed by atoms with Crippen LogP contribution in [0.25, 0.3) is 10.9 Å². The van der Waals surface area contributed by atoms with Crippen molar-refractivity contribution >= 4 is 22.7 Å². The molecule has 7 heteroatoms. The normalized spacial score (nSPS) is 24.3. The lowest BCUT2D eigenvalue weighted by Crippen LogP contribution is -2.73. The van der Waals surface area contributed by atoms with Crippen LogP contribution in [0.3, 0.4) is 0 Å². The van der Waals surface area contributed by atoms with Gasteiger partial charge in [-0.05, 0) is 24.8 Å². The first-order valence-corrected chi connectivity index (χ1v) is 10.0. The van der Waals surface area contributed by atoms with Crippen LogP contribution in [0.5, 0.6) is 0 Å². The molecule has 2 saturated heterocycles. The van der Waals surface area contributed by atoms with E-state index in [0.29, 0.717) is 37.7 Å². The second-order valence-corrected chi connectivity index (χ2v) is 8.41. The van der Waals surface area contributed by atoms with Crippen LogP contribution in [0.2, 0.25) is 0 Å². The van der Waals surface area contributed by atoms with E-state index in [-0.39, 0.29) is 23.5 Å². The summed E-state index contributed by atoms with van der Waals surface area (Å²) in [5.41, 5.74) is 1.33. The molecule has 3 heterocycles. The third kappa shape index (κ3) is 2.99. The lowest BCUT2D eigenvalue weighted by Gasteiger charge is -2.55. The Morgan fingerprint density at radius 2 is 2.04 bits per heavy atom. The van der Waals surface area contributed by atoms with Gasteiger partial charge in [-0.25, -0.2) is 0 Å². The number of ether oxygens (including phenoxy) is 1. The van der Waals surface area contributed by atoms with Crippen LogP contribution >= 0.6 is 0 Å². The number of likely N-dealkylation sites (tertiary alicyclic amines) is 1. The highest BCUT2D eigenvalue weighted by Gasteiger charge is 2.52. The first-order chi connectivity index (χ1) is 13.6. The Balaban J connectivity index is 1.28. The molecule has 148 valence electrons. The smallest absolute Gasteiger partial charge is 0.256 e. The van der Waals surface area contributed by atoms with Crippen LogP contribution in [0.15, 0.2) is 30.5 Å². The number of H-pyrrole nitrogens is 1. The van der Waals surface area contributed by atoms with Gasteiger partial charge in [0.2, 0.25) is 5.91 Å². The molecule has 7 nitrogen and oxygen atoms in total. The molecule has 2 aromatic rings. The summed E-state index contributed by atoms with van der Waals surface area (Å²) >= 11 is 0. The largest absolute Gasteiger partial charge is 0.368 e. The van der Waals surface area contributed by atoms with Crippen LogP contribution in [0.4, 0.5) is 0 Å². The molecule has 1 atom stereocenters. The molecule has 3 fully saturated rings. The molecular formula is C21H26N4O3. The van der Waals surface area contributed by atoms with E-state index in [9.17, 15) is 9.59 Å². The number of benzene rings is 1. The zero-order valence-corrected chi connectivity index (χ0v) is 16.1. The van der Waals surface area contributed by atoms with Crippen molar-refractivity contribution in [1.29, 1.82) is 0 Å². The molecule has 0 radical (unpaired) electrons. The highest BCUT2D eigenvalue weighted by molar-refractivity contribution is 6.07. The van der Waals surface area contributed by atoms with E-state index in [1.54, 1.807) is 13.2 Å². The number of amides is 2. The maximum atomic E-state index is 13.0. The van der Waals surface area contributed by atoms with Gasteiger partial charge in [0.1, 0.15) is 11.6 Å². The van der Waals surface area contributed by atoms with E-state index < -0.39 is 0 Å². The standard InChI is InChI=1S/C21H26N4O3/c1-22-19(26)18-10-28-21(11-24(18)9-14-6-7-14)12-25(13-21)20(27)16-8-23-17-5-3-2-4-15(16)17/h2-5,8,14,18,23H,6-7,9-13H2,1H3,(H,22,26)/t18-/m0/s1. The maximum Gasteiger partial charge on any atom is 0.256 e. The Bertz CT molecular complexity index is 913. The van der Waals surface area contributed by atoms with E-state index in [1.165, 1.54) is 12.8 Å². The predicted molar refractivity (Wildman–Crippen MR) is 105 cm³/mol. The highest BCUT2D eigenvalue weighted by Crippen LogP contribution is 2.36. The minimum atomic E-state index is -0.346. The van der Waals surface area contributed by atoms with Gasteiger partial charge in [0.15, 0.2) is 0 Å². The average molecular weight is 382 g/mol. The number of fused-ring (bicyclic) bond motifs is 1. The summed E-state index contributed by atoms with van der Waals surface area (Å²) in [6.45, 7) is 3.19. The van der Waals surface area contributed by atoms with Crippen molar-refractivity contribution in [2.75, 3.05) is 39.8 Å². The summed E-state index contributed by atoms with van der Waals surface area (Å²) in [6.07, 6.45) is 4.28. The molecule has 1 aliphatic carbocycles. The van der Waals surface area contributed by atoms with Gasteiger partial charge in [-0.15, -0.1) is 0 Å². The molecular weight excluding hydrogens is 356 g/mol. The molecule has 1 aromatic heterocycles. The maximum absolute atomic E-state index is 13.0. The number of carbonyl (C=O) groups is 2. The third-order valence-electron chi connectivity index (χ3n) is 6.28. The summed E-state index contributed by atoms with van der Waals surface area (Å²) in [7, 11) is 1.67. The van der Waals surface area contributed by atoms with Crippen molar-refractivity contribution in [3.63, 3.8) is 0 Å². The molecule has 3 aliphatic rings. The first kappa shape index (κ1) is 17.7. The van der Waals surface area contributed by atoms with Crippen LogP contribution in [0.1, 0.15) is 23.2 Å². The van der Waals surface area contributed by atoms with Gasteiger partial charge >= 0.3 is 0 Å². The van der Waals surface area contributed by atoms with Gasteiger partial charge in [-0.3, -0.25) is 14.5 Å². The second kappa shape index (κ2) is 6.60. The molecule has 0 bridgehead atoms. The zero-order valence-electron chi connectivity index (χ0n) is 16.1. The van der Waals surface area contributed by atoms with Crippen molar-refractivity contribution in [3.8, 4) is 0 Å². The number of rotatable bonds is 4. The van der Waals surface area contributed by atoms with Crippen molar-refractivity contribution in [2.45, 2.75) is 24.5 Å². The lowest BCUT2D eigenvalue weighted by molar-refractivity contribution is -0.191. The van der Waals surface area contributed by atoms with Crippen molar-refractivity contribution < 1.29 is 14.3 Å². The topological polar surface area (TPSA) is 77.7 Å². The van der Waals surface area contributed by atoms with Gasteiger partial charge in [0.25, 0.3) is 5.91 Å². The Kier molecular flexibility index (Phi) is 4.17. The number of nitrogens with one attached hydrogen (secondary N) is 2. The Labute approximate surface area is 164 Å². The molecule has 28 heavy (non-hydrogen) atoms. The van der Waals surface area contributed by atoms with Gasteiger partial charge in [-0.1, -0.05) is 18.2 Å². The fraction of sp³-hybridized carbons (Fsp3) is 0.524. The Morgan fingerprint density at radius 1 is 1.25 bits per heavy atom. The molecule has 0 unspecified atom stereocenters. The molecule has 5 rings (SSSR count). The monoisotopic (exact) mass is 382 g/mol. The van der Waals surface area contributed by atoms with E-state index >= 15 is 0 Å². The first-order valence-electron chi connectivity index (χ1n) is 10.0. The van der Waals surface area contributed by atoms with Crippen LogP contribution in [-0.2, 0) is 9.53 Å². The second-order valence-electron chi connectivity index (χ2n) is 8.41. The molecule has 2 amide bonds. The SMILES string of the molecule is CNC(=O)[C@@H]1COC2(CN(C(=O)c3c[nH]c4ccccc34)C2)CN1CC1CC1. The van der Waals surface area contributed by atoms with E-state index in [4.69, 9.17) is 4.74 Å². The molecule has 2 N–H and O–H groups in total.